The number of hydrogen-bond donors (Lipinski definition) is 0. The van der Waals surface area contributed by atoms with Crippen molar-refractivity contribution in [1.29, 1.82) is 0 Å². The summed E-state index contributed by atoms with van der Waals surface area (Å²) in [4.78, 5) is 0. The molecule has 0 heteroatoms. The van der Waals surface area contributed by atoms with Crippen LogP contribution in [0.5, 0.6) is 0 Å². The fraction of sp³-hybridized carbons (Fsp3) is 0.900. The van der Waals surface area contributed by atoms with Gasteiger partial charge in [-0.25, -0.2) is 0 Å². The third-order valence-electron chi connectivity index (χ3n) is 3.15. The lowest BCUT2D eigenvalue weighted by molar-refractivity contribution is 0.606. The molecule has 0 aromatic heterocycles. The third-order valence-corrected chi connectivity index (χ3v) is 3.15. The Morgan fingerprint density at radius 3 is 1.10 bits per heavy atom. The molecular formula is C10H15. The highest BCUT2D eigenvalue weighted by Crippen LogP contribution is 2.59. The van der Waals surface area contributed by atoms with E-state index in [1.165, 1.54) is 0 Å². The van der Waals surface area contributed by atoms with Crippen LogP contribution >= 0.6 is 0 Å². The van der Waals surface area contributed by atoms with Crippen LogP contribution < -0.4 is 0 Å². The van der Waals surface area contributed by atoms with Crippen molar-refractivity contribution in [2.45, 2.75) is 38.5 Å². The Bertz CT molecular complexity index is 110. The first-order chi connectivity index (χ1) is 4.95. The van der Waals surface area contributed by atoms with Gasteiger partial charge >= 0.3 is 0 Å². The van der Waals surface area contributed by atoms with Crippen molar-refractivity contribution in [1.82, 2.24) is 0 Å². The smallest absolute Gasteiger partial charge is 0.0148 e. The summed E-state index contributed by atoms with van der Waals surface area (Å²) in [5, 5.41) is 0. The summed E-state index contributed by atoms with van der Waals surface area (Å²) in [5.74, 6) is 5.40. The van der Waals surface area contributed by atoms with E-state index in [0.29, 0.717) is 0 Å². The molecule has 0 atom stereocenters. The maximum Gasteiger partial charge on any atom is -0.0148 e. The van der Waals surface area contributed by atoms with Crippen LogP contribution in [0.15, 0.2) is 0 Å². The topological polar surface area (TPSA) is 0 Å². The average molecular weight is 135 g/mol. The molecule has 3 fully saturated rings. The Balaban J connectivity index is 1.69. The molecule has 0 heterocycles. The second-order valence-corrected chi connectivity index (χ2v) is 4.32. The lowest BCUT2D eigenvalue weighted by Gasteiger charge is -2.11. The van der Waals surface area contributed by atoms with Gasteiger partial charge in [0.1, 0.15) is 0 Å². The fourth-order valence-corrected chi connectivity index (χ4v) is 2.25. The van der Waals surface area contributed by atoms with Gasteiger partial charge in [-0.1, -0.05) is 0 Å². The minimum Gasteiger partial charge on any atom is -0.0496 e. The Labute approximate surface area is 63.0 Å². The zero-order valence-corrected chi connectivity index (χ0v) is 6.47. The summed E-state index contributed by atoms with van der Waals surface area (Å²) < 4.78 is 0. The van der Waals surface area contributed by atoms with Gasteiger partial charge in [-0.3, -0.25) is 0 Å². The first kappa shape index (κ1) is 5.62. The predicted molar refractivity (Wildman–Crippen MR) is 41.4 cm³/mol. The molecule has 3 aliphatic carbocycles. The number of rotatable bonds is 3. The van der Waals surface area contributed by atoms with E-state index in [0.717, 1.165) is 17.8 Å². The lowest BCUT2D eigenvalue weighted by atomic mass is 9.93. The van der Waals surface area contributed by atoms with E-state index in [-0.39, 0.29) is 0 Å². The summed E-state index contributed by atoms with van der Waals surface area (Å²) in [6.45, 7) is 0. The van der Waals surface area contributed by atoms with Gasteiger partial charge in [0.2, 0.25) is 0 Å². The van der Waals surface area contributed by atoms with Gasteiger partial charge in [0, 0.05) is 0 Å². The van der Waals surface area contributed by atoms with E-state index >= 15 is 0 Å². The Morgan fingerprint density at radius 2 is 0.900 bits per heavy atom. The molecule has 3 saturated carbocycles. The SMILES string of the molecule is C1CC1[C](C1CC1)C1CC1. The Hall–Kier alpha value is 0. The standard InChI is InChI=1S/C10H15/c1-2-7(1)10(8-3-4-8)9-5-6-9/h7-9H,1-6H2. The molecule has 0 nitrogen and oxygen atoms in total. The molecule has 0 unspecified atom stereocenters. The maximum absolute atomic E-state index is 2.03. The second-order valence-electron chi connectivity index (χ2n) is 4.32. The highest BCUT2D eigenvalue weighted by Gasteiger charge is 2.48. The minimum atomic E-state index is 1.12. The monoisotopic (exact) mass is 135 g/mol. The van der Waals surface area contributed by atoms with Crippen molar-refractivity contribution >= 4 is 0 Å². The van der Waals surface area contributed by atoms with E-state index in [1.807, 2.05) is 5.92 Å². The average Bonchev–Trinajstić information content (AvgIpc) is 2.78. The van der Waals surface area contributed by atoms with E-state index in [9.17, 15) is 0 Å². The van der Waals surface area contributed by atoms with Crippen LogP contribution in [0.2, 0.25) is 0 Å². The van der Waals surface area contributed by atoms with Crippen molar-refractivity contribution in [2.24, 2.45) is 17.8 Å². The molecule has 1 radical (unpaired) electrons. The van der Waals surface area contributed by atoms with Crippen LogP contribution in [0.1, 0.15) is 38.5 Å². The van der Waals surface area contributed by atoms with E-state index < -0.39 is 0 Å². The quantitative estimate of drug-likeness (QED) is 0.558. The summed E-state index contributed by atoms with van der Waals surface area (Å²) in [5.41, 5.74) is 0. The van der Waals surface area contributed by atoms with E-state index in [4.69, 9.17) is 0 Å². The van der Waals surface area contributed by atoms with Crippen LogP contribution in [0, 0.1) is 23.7 Å². The van der Waals surface area contributed by atoms with Crippen LogP contribution in [-0.4, -0.2) is 0 Å². The summed E-state index contributed by atoms with van der Waals surface area (Å²) in [7, 11) is 0. The molecule has 0 spiro atoms. The molecule has 0 saturated heterocycles. The highest BCUT2D eigenvalue weighted by molar-refractivity contribution is 5.18. The lowest BCUT2D eigenvalue weighted by Crippen LogP contribution is -2.04. The van der Waals surface area contributed by atoms with Crippen molar-refractivity contribution < 1.29 is 0 Å². The maximum atomic E-state index is 2.03. The molecule has 55 valence electrons. The van der Waals surface area contributed by atoms with Crippen molar-refractivity contribution in [3.63, 3.8) is 0 Å². The van der Waals surface area contributed by atoms with E-state index in [2.05, 4.69) is 0 Å². The molecule has 0 aromatic rings. The zero-order chi connectivity index (χ0) is 6.55. The summed E-state index contributed by atoms with van der Waals surface area (Å²) in [6, 6.07) is 0. The molecule has 3 aliphatic rings. The normalized spacial score (nSPS) is 33.3. The van der Waals surface area contributed by atoms with Crippen LogP contribution in [0.4, 0.5) is 0 Å². The van der Waals surface area contributed by atoms with Crippen molar-refractivity contribution in [3.8, 4) is 0 Å². The van der Waals surface area contributed by atoms with Gasteiger partial charge in [-0.05, 0) is 62.2 Å². The molecule has 0 aliphatic heterocycles. The zero-order valence-electron chi connectivity index (χ0n) is 6.47. The van der Waals surface area contributed by atoms with Crippen LogP contribution in [0.25, 0.3) is 0 Å². The summed E-state index contributed by atoms with van der Waals surface area (Å²) >= 11 is 0. The van der Waals surface area contributed by atoms with Crippen molar-refractivity contribution in [2.75, 3.05) is 0 Å². The van der Waals surface area contributed by atoms with Gasteiger partial charge < -0.3 is 0 Å². The molecule has 0 aromatic carbocycles. The van der Waals surface area contributed by atoms with E-state index in [1.54, 1.807) is 38.5 Å². The second kappa shape index (κ2) is 1.78. The Kier molecular flexibility index (Phi) is 1.00. The first-order valence-electron chi connectivity index (χ1n) is 4.82. The largest absolute Gasteiger partial charge is 0.0496 e. The van der Waals surface area contributed by atoms with Gasteiger partial charge in [-0.2, -0.15) is 0 Å². The molecule has 0 amide bonds. The molecule has 3 rings (SSSR count). The van der Waals surface area contributed by atoms with Gasteiger partial charge in [-0.15, -0.1) is 0 Å². The Morgan fingerprint density at radius 1 is 0.600 bits per heavy atom. The van der Waals surface area contributed by atoms with Gasteiger partial charge in [0.25, 0.3) is 0 Å². The van der Waals surface area contributed by atoms with Gasteiger partial charge in [0.15, 0.2) is 0 Å². The summed E-state index contributed by atoms with van der Waals surface area (Å²) in [6.07, 6.45) is 9.26. The fourth-order valence-electron chi connectivity index (χ4n) is 2.25. The molecule has 0 N–H and O–H groups in total. The molecule has 0 bridgehead atoms. The van der Waals surface area contributed by atoms with Crippen molar-refractivity contribution in [3.05, 3.63) is 5.92 Å². The highest BCUT2D eigenvalue weighted by atomic mass is 14.5. The van der Waals surface area contributed by atoms with Crippen LogP contribution in [0.3, 0.4) is 0 Å². The number of hydrogen-bond acceptors (Lipinski definition) is 0. The molecule has 10 heavy (non-hydrogen) atoms. The third kappa shape index (κ3) is 0.889. The first-order valence-corrected chi connectivity index (χ1v) is 4.82. The van der Waals surface area contributed by atoms with Crippen LogP contribution in [-0.2, 0) is 0 Å². The predicted octanol–water partition coefficient (Wildman–Crippen LogP) is 2.79. The van der Waals surface area contributed by atoms with Gasteiger partial charge in [0.05, 0.1) is 0 Å². The minimum absolute atomic E-state index is 1.12. The molecular weight excluding hydrogens is 120 g/mol.